The van der Waals surface area contributed by atoms with E-state index in [-0.39, 0.29) is 11.1 Å². The monoisotopic (exact) mass is 240 g/mol. The lowest BCUT2D eigenvalue weighted by Gasteiger charge is -2.07. The largest absolute Gasteiger partial charge is 0.373 e. The van der Waals surface area contributed by atoms with Crippen molar-refractivity contribution < 1.29 is 29.9 Å². The van der Waals surface area contributed by atoms with Crippen molar-refractivity contribution in [1.82, 2.24) is 0 Å². The maximum absolute atomic E-state index is 11.2. The Kier molecular flexibility index (Phi) is 4.62. The van der Waals surface area contributed by atoms with Crippen molar-refractivity contribution in [3.63, 3.8) is 0 Å². The predicted molar refractivity (Wildman–Crippen MR) is 56.5 cm³/mol. The summed E-state index contributed by atoms with van der Waals surface area (Å²) >= 11 is 0. The molecule has 1 aromatic rings. The van der Waals surface area contributed by atoms with Crippen molar-refractivity contribution in [1.29, 1.82) is 0 Å². The molecular formula is C11H12O6. The number of aryl methyl sites for hydroxylation is 1. The summed E-state index contributed by atoms with van der Waals surface area (Å²) in [6.45, 7) is 1.89. The molecule has 0 aliphatic rings. The van der Waals surface area contributed by atoms with E-state index in [9.17, 15) is 9.59 Å². The second-order valence-corrected chi connectivity index (χ2v) is 3.38. The van der Waals surface area contributed by atoms with Crippen LogP contribution in [0.3, 0.4) is 0 Å². The average Bonchev–Trinajstić information content (AvgIpc) is 2.37. The number of carbonyl (C=O) groups is 2. The summed E-state index contributed by atoms with van der Waals surface area (Å²) in [7, 11) is 0. The minimum absolute atomic E-state index is 0.116. The van der Waals surface area contributed by atoms with Crippen molar-refractivity contribution in [2.24, 2.45) is 0 Å². The Balaban J connectivity index is 3.16. The molecule has 0 atom stereocenters. The smallest absolute Gasteiger partial charge is 0.296 e. The fourth-order valence-corrected chi connectivity index (χ4v) is 1.50. The van der Waals surface area contributed by atoms with Crippen LogP contribution in [0.15, 0.2) is 18.2 Å². The topological polar surface area (TPSA) is 93.1 Å². The lowest BCUT2D eigenvalue weighted by Crippen LogP contribution is -2.09. The zero-order valence-electron chi connectivity index (χ0n) is 9.17. The summed E-state index contributed by atoms with van der Waals surface area (Å²) in [5.41, 5.74) is 0.823. The SMILES string of the molecule is CCCc1cc(C(=O)OO)ccc1C(=O)OO. The fourth-order valence-electron chi connectivity index (χ4n) is 1.50. The van der Waals surface area contributed by atoms with Gasteiger partial charge in [-0.2, -0.15) is 10.5 Å². The van der Waals surface area contributed by atoms with Gasteiger partial charge in [0.1, 0.15) is 0 Å². The molecular weight excluding hydrogens is 228 g/mol. The molecule has 0 unspecified atom stereocenters. The highest BCUT2D eigenvalue weighted by molar-refractivity contribution is 5.94. The first-order valence-electron chi connectivity index (χ1n) is 4.98. The van der Waals surface area contributed by atoms with Crippen molar-refractivity contribution >= 4 is 11.9 Å². The molecule has 0 amide bonds. The molecule has 0 bridgehead atoms. The van der Waals surface area contributed by atoms with Gasteiger partial charge >= 0.3 is 11.9 Å². The van der Waals surface area contributed by atoms with E-state index < -0.39 is 11.9 Å². The molecule has 0 aliphatic carbocycles. The van der Waals surface area contributed by atoms with Crippen LogP contribution in [0.5, 0.6) is 0 Å². The average molecular weight is 240 g/mol. The van der Waals surface area contributed by atoms with Gasteiger partial charge in [0.2, 0.25) is 0 Å². The fraction of sp³-hybridized carbons (Fsp3) is 0.273. The lowest BCUT2D eigenvalue weighted by molar-refractivity contribution is -0.183. The minimum atomic E-state index is -0.911. The number of carbonyl (C=O) groups excluding carboxylic acids is 2. The summed E-state index contributed by atoms with van der Waals surface area (Å²) in [5, 5.41) is 16.6. The third kappa shape index (κ3) is 3.02. The summed E-state index contributed by atoms with van der Waals surface area (Å²) in [4.78, 5) is 29.5. The molecule has 0 aromatic heterocycles. The first kappa shape index (κ1) is 13.1. The Bertz CT molecular complexity index is 426. The first-order chi connectivity index (χ1) is 8.13. The molecule has 0 heterocycles. The van der Waals surface area contributed by atoms with E-state index in [1.165, 1.54) is 18.2 Å². The number of benzene rings is 1. The van der Waals surface area contributed by atoms with Gasteiger partial charge in [-0.05, 0) is 30.2 Å². The van der Waals surface area contributed by atoms with Crippen LogP contribution >= 0.6 is 0 Å². The first-order valence-corrected chi connectivity index (χ1v) is 4.98. The Labute approximate surface area is 97.3 Å². The number of hydrogen-bond donors (Lipinski definition) is 2. The van der Waals surface area contributed by atoms with Crippen LogP contribution in [0, 0.1) is 0 Å². The van der Waals surface area contributed by atoms with Crippen molar-refractivity contribution in [3.8, 4) is 0 Å². The van der Waals surface area contributed by atoms with Gasteiger partial charge < -0.3 is 0 Å². The van der Waals surface area contributed by atoms with E-state index >= 15 is 0 Å². The van der Waals surface area contributed by atoms with E-state index in [1.807, 2.05) is 6.92 Å². The van der Waals surface area contributed by atoms with E-state index in [2.05, 4.69) is 9.78 Å². The van der Waals surface area contributed by atoms with E-state index in [0.717, 1.165) is 6.42 Å². The van der Waals surface area contributed by atoms with Crippen molar-refractivity contribution in [2.75, 3.05) is 0 Å². The quantitative estimate of drug-likeness (QED) is 0.616. The molecule has 2 N–H and O–H groups in total. The molecule has 1 aromatic carbocycles. The van der Waals surface area contributed by atoms with Gasteiger partial charge in [-0.25, -0.2) is 9.59 Å². The normalized spacial score (nSPS) is 9.82. The molecule has 0 saturated carbocycles. The standard InChI is InChI=1S/C11H12O6/c1-2-3-7-6-8(10(12)16-14)4-5-9(7)11(13)17-15/h4-6,14-15H,2-3H2,1H3. The van der Waals surface area contributed by atoms with Gasteiger partial charge in [0, 0.05) is 0 Å². The van der Waals surface area contributed by atoms with Gasteiger partial charge in [-0.1, -0.05) is 13.3 Å². The van der Waals surface area contributed by atoms with Gasteiger partial charge in [0.05, 0.1) is 11.1 Å². The molecule has 0 aliphatic heterocycles. The van der Waals surface area contributed by atoms with Crippen LogP contribution in [-0.2, 0) is 16.2 Å². The summed E-state index contributed by atoms with van der Waals surface area (Å²) in [6.07, 6.45) is 1.26. The molecule has 0 fully saturated rings. The van der Waals surface area contributed by atoms with Crippen LogP contribution in [0.25, 0.3) is 0 Å². The highest BCUT2D eigenvalue weighted by Gasteiger charge is 2.16. The molecule has 0 saturated heterocycles. The predicted octanol–water partition coefficient (Wildman–Crippen LogP) is 1.90. The second-order valence-electron chi connectivity index (χ2n) is 3.38. The Hall–Kier alpha value is -1.92. The lowest BCUT2D eigenvalue weighted by atomic mass is 10.0. The van der Waals surface area contributed by atoms with Gasteiger partial charge in [-0.3, -0.25) is 9.78 Å². The van der Waals surface area contributed by atoms with Crippen LogP contribution < -0.4 is 0 Å². The minimum Gasteiger partial charge on any atom is -0.296 e. The maximum atomic E-state index is 11.2. The van der Waals surface area contributed by atoms with Crippen molar-refractivity contribution in [3.05, 3.63) is 34.9 Å². The summed E-state index contributed by atoms with van der Waals surface area (Å²) < 4.78 is 0. The van der Waals surface area contributed by atoms with Crippen LogP contribution in [0.4, 0.5) is 0 Å². The summed E-state index contributed by atoms with van der Waals surface area (Å²) in [5.74, 6) is -1.80. The molecule has 6 heteroatoms. The molecule has 6 nitrogen and oxygen atoms in total. The van der Waals surface area contributed by atoms with Crippen LogP contribution in [0.2, 0.25) is 0 Å². The molecule has 17 heavy (non-hydrogen) atoms. The van der Waals surface area contributed by atoms with Gasteiger partial charge in [-0.15, -0.1) is 0 Å². The molecule has 1 rings (SSSR count). The zero-order chi connectivity index (χ0) is 12.8. The third-order valence-electron chi connectivity index (χ3n) is 2.25. The maximum Gasteiger partial charge on any atom is 0.373 e. The second kappa shape index (κ2) is 5.97. The van der Waals surface area contributed by atoms with E-state index in [0.29, 0.717) is 12.0 Å². The highest BCUT2D eigenvalue weighted by atomic mass is 17.1. The van der Waals surface area contributed by atoms with E-state index in [1.54, 1.807) is 0 Å². The molecule has 0 spiro atoms. The number of hydrogen-bond acceptors (Lipinski definition) is 6. The van der Waals surface area contributed by atoms with Crippen LogP contribution in [0.1, 0.15) is 39.6 Å². The number of rotatable bonds is 4. The van der Waals surface area contributed by atoms with E-state index in [4.69, 9.17) is 10.5 Å². The summed E-state index contributed by atoms with van der Waals surface area (Å²) in [6, 6.07) is 4.04. The Morgan fingerprint density at radius 2 is 1.82 bits per heavy atom. The molecule has 0 radical (unpaired) electrons. The van der Waals surface area contributed by atoms with Crippen LogP contribution in [-0.4, -0.2) is 22.5 Å². The third-order valence-corrected chi connectivity index (χ3v) is 2.25. The zero-order valence-corrected chi connectivity index (χ0v) is 9.17. The van der Waals surface area contributed by atoms with Gasteiger partial charge in [0.25, 0.3) is 0 Å². The Morgan fingerprint density at radius 3 is 2.35 bits per heavy atom. The molecule has 92 valence electrons. The van der Waals surface area contributed by atoms with Crippen molar-refractivity contribution in [2.45, 2.75) is 19.8 Å². The van der Waals surface area contributed by atoms with Gasteiger partial charge in [0.15, 0.2) is 0 Å². The highest BCUT2D eigenvalue weighted by Crippen LogP contribution is 2.16. The Morgan fingerprint density at radius 1 is 1.18 bits per heavy atom.